The second kappa shape index (κ2) is 5.58. The van der Waals surface area contributed by atoms with Crippen molar-refractivity contribution in [2.45, 2.75) is 12.5 Å². The molecule has 0 aliphatic rings. The van der Waals surface area contributed by atoms with Gasteiger partial charge in [0, 0.05) is 23.5 Å². The summed E-state index contributed by atoms with van der Waals surface area (Å²) in [6.07, 6.45) is -0.655. The highest BCUT2D eigenvalue weighted by molar-refractivity contribution is 9.10. The molecule has 1 unspecified atom stereocenters. The van der Waals surface area contributed by atoms with Crippen molar-refractivity contribution in [3.8, 4) is 0 Å². The summed E-state index contributed by atoms with van der Waals surface area (Å²) in [5.74, 6) is 0.307. The molecule has 0 fully saturated rings. The number of imidazole rings is 1. The van der Waals surface area contributed by atoms with E-state index in [0.717, 1.165) is 16.9 Å². The minimum Gasteiger partial charge on any atom is -0.388 e. The fraction of sp³-hybridized carbons (Fsp3) is 0.188. The summed E-state index contributed by atoms with van der Waals surface area (Å²) in [5.41, 5.74) is 2.15. The van der Waals surface area contributed by atoms with Crippen molar-refractivity contribution in [3.63, 3.8) is 0 Å². The zero-order valence-electron chi connectivity index (χ0n) is 11.4. The molecule has 0 bridgehead atoms. The number of aromatic nitrogens is 2. The number of aryl methyl sites for hydroxylation is 1. The first-order chi connectivity index (χ1) is 10.1. The van der Waals surface area contributed by atoms with E-state index in [4.69, 9.17) is 0 Å². The third-order valence-corrected chi connectivity index (χ3v) is 4.07. The van der Waals surface area contributed by atoms with Gasteiger partial charge in [-0.2, -0.15) is 0 Å². The van der Waals surface area contributed by atoms with E-state index in [9.17, 15) is 9.50 Å². The van der Waals surface area contributed by atoms with Gasteiger partial charge in [-0.1, -0.05) is 34.1 Å². The molecule has 108 valence electrons. The van der Waals surface area contributed by atoms with Crippen molar-refractivity contribution in [1.82, 2.24) is 9.55 Å². The monoisotopic (exact) mass is 348 g/mol. The lowest BCUT2D eigenvalue weighted by molar-refractivity contribution is 0.170. The van der Waals surface area contributed by atoms with Gasteiger partial charge in [0.15, 0.2) is 0 Å². The average Bonchev–Trinajstić information content (AvgIpc) is 2.76. The minimum atomic E-state index is -0.923. The SMILES string of the molecule is Cn1c(CC(O)c2ccc(Br)cc2F)nc2ccccc21. The number of rotatable bonds is 3. The molecular formula is C16H14BrFN2O. The summed E-state index contributed by atoms with van der Waals surface area (Å²) >= 11 is 3.21. The third-order valence-electron chi connectivity index (χ3n) is 3.58. The minimum absolute atomic E-state index is 0.268. The standard InChI is InChI=1S/C16H14BrFN2O/c1-20-14-5-3-2-4-13(14)19-16(20)9-15(21)11-7-6-10(17)8-12(11)18/h2-8,15,21H,9H2,1H3. The Kier molecular flexibility index (Phi) is 3.78. The summed E-state index contributed by atoms with van der Waals surface area (Å²) in [6.45, 7) is 0. The second-order valence-corrected chi connectivity index (χ2v) is 5.88. The number of para-hydroxylation sites is 2. The molecule has 1 aromatic heterocycles. The van der Waals surface area contributed by atoms with Gasteiger partial charge in [0.25, 0.3) is 0 Å². The number of benzene rings is 2. The Morgan fingerprint density at radius 1 is 1.29 bits per heavy atom. The van der Waals surface area contributed by atoms with Crippen LogP contribution in [0.15, 0.2) is 46.9 Å². The summed E-state index contributed by atoms with van der Waals surface area (Å²) in [5, 5.41) is 10.3. The first-order valence-corrected chi connectivity index (χ1v) is 7.39. The fourth-order valence-electron chi connectivity index (χ4n) is 2.43. The van der Waals surface area contributed by atoms with E-state index >= 15 is 0 Å². The number of fused-ring (bicyclic) bond motifs is 1. The molecule has 3 nitrogen and oxygen atoms in total. The molecule has 0 aliphatic heterocycles. The predicted molar refractivity (Wildman–Crippen MR) is 83.5 cm³/mol. The van der Waals surface area contributed by atoms with Crippen LogP contribution >= 0.6 is 15.9 Å². The van der Waals surface area contributed by atoms with E-state index in [0.29, 0.717) is 4.47 Å². The number of nitrogens with zero attached hydrogens (tertiary/aromatic N) is 2. The highest BCUT2D eigenvalue weighted by Gasteiger charge is 2.17. The van der Waals surface area contributed by atoms with Gasteiger partial charge in [-0.25, -0.2) is 9.37 Å². The molecule has 0 saturated heterocycles. The van der Waals surface area contributed by atoms with Crippen molar-refractivity contribution >= 4 is 27.0 Å². The first kappa shape index (κ1) is 14.2. The summed E-state index contributed by atoms with van der Waals surface area (Å²) in [7, 11) is 1.90. The molecule has 3 aromatic rings. The highest BCUT2D eigenvalue weighted by atomic mass is 79.9. The van der Waals surface area contributed by atoms with Crippen LogP contribution in [0.1, 0.15) is 17.5 Å². The van der Waals surface area contributed by atoms with E-state index in [1.165, 1.54) is 6.07 Å². The molecule has 5 heteroatoms. The molecule has 1 atom stereocenters. The maximum absolute atomic E-state index is 13.9. The van der Waals surface area contributed by atoms with Gasteiger partial charge in [-0.05, 0) is 24.3 Å². The van der Waals surface area contributed by atoms with E-state index < -0.39 is 11.9 Å². The molecule has 0 aliphatic carbocycles. The number of hydrogen-bond donors (Lipinski definition) is 1. The van der Waals surface area contributed by atoms with Gasteiger partial charge < -0.3 is 9.67 Å². The van der Waals surface area contributed by atoms with Gasteiger partial charge in [0.2, 0.25) is 0 Å². The van der Waals surface area contributed by atoms with E-state index in [1.807, 2.05) is 35.9 Å². The lowest BCUT2D eigenvalue weighted by atomic mass is 10.1. The van der Waals surface area contributed by atoms with Crippen LogP contribution < -0.4 is 0 Å². The molecule has 3 rings (SSSR count). The molecule has 21 heavy (non-hydrogen) atoms. The molecule has 0 amide bonds. The van der Waals surface area contributed by atoms with E-state index in [-0.39, 0.29) is 12.0 Å². The Morgan fingerprint density at radius 3 is 2.76 bits per heavy atom. The number of halogens is 2. The Labute approximate surface area is 130 Å². The Morgan fingerprint density at radius 2 is 2.05 bits per heavy atom. The highest BCUT2D eigenvalue weighted by Crippen LogP contribution is 2.25. The van der Waals surface area contributed by atoms with Crippen LogP contribution in [0.4, 0.5) is 4.39 Å². The number of hydrogen-bond acceptors (Lipinski definition) is 2. The van der Waals surface area contributed by atoms with Crippen LogP contribution in [0.3, 0.4) is 0 Å². The number of aliphatic hydroxyl groups excluding tert-OH is 1. The summed E-state index contributed by atoms with van der Waals surface area (Å²) in [6, 6.07) is 12.4. The maximum atomic E-state index is 13.9. The third kappa shape index (κ3) is 2.71. The van der Waals surface area contributed by atoms with Crippen molar-refractivity contribution in [3.05, 3.63) is 64.1 Å². The lowest BCUT2D eigenvalue weighted by Gasteiger charge is -2.12. The summed E-state index contributed by atoms with van der Waals surface area (Å²) in [4.78, 5) is 4.50. The maximum Gasteiger partial charge on any atom is 0.130 e. The van der Waals surface area contributed by atoms with Crippen molar-refractivity contribution in [2.24, 2.45) is 7.05 Å². The van der Waals surface area contributed by atoms with Gasteiger partial charge in [-0.3, -0.25) is 0 Å². The van der Waals surface area contributed by atoms with Crippen LogP contribution in [0.5, 0.6) is 0 Å². The van der Waals surface area contributed by atoms with Gasteiger partial charge >= 0.3 is 0 Å². The van der Waals surface area contributed by atoms with Crippen LogP contribution in [0, 0.1) is 5.82 Å². The Hall–Kier alpha value is -1.72. The second-order valence-electron chi connectivity index (χ2n) is 4.96. The zero-order valence-corrected chi connectivity index (χ0v) is 13.0. The molecule has 0 radical (unpaired) electrons. The molecule has 1 heterocycles. The van der Waals surface area contributed by atoms with Gasteiger partial charge in [-0.15, -0.1) is 0 Å². The largest absolute Gasteiger partial charge is 0.388 e. The quantitative estimate of drug-likeness (QED) is 0.782. The molecule has 2 aromatic carbocycles. The topological polar surface area (TPSA) is 38.0 Å². The summed E-state index contributed by atoms with van der Waals surface area (Å²) < 4.78 is 16.5. The average molecular weight is 349 g/mol. The van der Waals surface area contributed by atoms with Gasteiger partial charge in [0.1, 0.15) is 11.6 Å². The normalized spacial score (nSPS) is 12.8. The molecular weight excluding hydrogens is 335 g/mol. The molecule has 0 spiro atoms. The Balaban J connectivity index is 1.92. The lowest BCUT2D eigenvalue weighted by Crippen LogP contribution is -2.08. The van der Waals surface area contributed by atoms with Crippen molar-refractivity contribution in [2.75, 3.05) is 0 Å². The smallest absolute Gasteiger partial charge is 0.130 e. The van der Waals surface area contributed by atoms with Crippen LogP contribution in [0.25, 0.3) is 11.0 Å². The van der Waals surface area contributed by atoms with Crippen LogP contribution in [0.2, 0.25) is 0 Å². The number of aliphatic hydroxyl groups is 1. The molecule has 0 saturated carbocycles. The van der Waals surface area contributed by atoms with E-state index in [2.05, 4.69) is 20.9 Å². The van der Waals surface area contributed by atoms with E-state index in [1.54, 1.807) is 12.1 Å². The van der Waals surface area contributed by atoms with Crippen LogP contribution in [-0.2, 0) is 13.5 Å². The molecule has 1 N–H and O–H groups in total. The zero-order chi connectivity index (χ0) is 15.0. The van der Waals surface area contributed by atoms with Gasteiger partial charge in [0.05, 0.1) is 17.1 Å². The Bertz CT molecular complexity index is 800. The van der Waals surface area contributed by atoms with Crippen LogP contribution in [-0.4, -0.2) is 14.7 Å². The predicted octanol–water partition coefficient (Wildman–Crippen LogP) is 3.75. The van der Waals surface area contributed by atoms with Crippen molar-refractivity contribution in [1.29, 1.82) is 0 Å². The first-order valence-electron chi connectivity index (χ1n) is 6.59. The van der Waals surface area contributed by atoms with Crippen molar-refractivity contribution < 1.29 is 9.50 Å². The fourth-order valence-corrected chi connectivity index (χ4v) is 2.77.